The van der Waals surface area contributed by atoms with Gasteiger partial charge in [0.15, 0.2) is 0 Å². The van der Waals surface area contributed by atoms with Crippen molar-refractivity contribution >= 4 is 17.4 Å². The number of alkyl carbamates (subject to hydrolysis) is 1. The molecule has 0 saturated carbocycles. The van der Waals surface area contributed by atoms with Crippen molar-refractivity contribution in [3.63, 3.8) is 0 Å². The molecule has 0 radical (unpaired) electrons. The van der Waals surface area contributed by atoms with Crippen LogP contribution in [0.4, 0.5) is 4.79 Å². The summed E-state index contributed by atoms with van der Waals surface area (Å²) in [5.74, 6) is 0.587. The van der Waals surface area contributed by atoms with Gasteiger partial charge < -0.3 is 10.1 Å². The average molecular weight is 268 g/mol. The van der Waals surface area contributed by atoms with Gasteiger partial charge in [-0.15, -0.1) is 11.3 Å². The zero-order chi connectivity index (χ0) is 12.8. The fourth-order valence-electron chi connectivity index (χ4n) is 2.27. The molecular formula is C13H20N2O2S. The molecule has 0 spiro atoms. The van der Waals surface area contributed by atoms with Gasteiger partial charge >= 0.3 is 6.09 Å². The van der Waals surface area contributed by atoms with Gasteiger partial charge in [-0.05, 0) is 43.3 Å². The van der Waals surface area contributed by atoms with Crippen molar-refractivity contribution in [2.75, 3.05) is 26.7 Å². The summed E-state index contributed by atoms with van der Waals surface area (Å²) >= 11 is 1.82. The highest BCUT2D eigenvalue weighted by atomic mass is 32.1. The molecule has 2 rings (SSSR count). The number of carbonyl (C=O) groups excluding carboxylic acids is 1. The van der Waals surface area contributed by atoms with Crippen LogP contribution in [0.1, 0.15) is 17.7 Å². The lowest BCUT2D eigenvalue weighted by Gasteiger charge is -2.31. The summed E-state index contributed by atoms with van der Waals surface area (Å²) in [7, 11) is 1.40. The second-order valence-electron chi connectivity index (χ2n) is 4.67. The molecule has 100 valence electrons. The number of amides is 1. The van der Waals surface area contributed by atoms with E-state index in [0.29, 0.717) is 5.92 Å². The summed E-state index contributed by atoms with van der Waals surface area (Å²) in [4.78, 5) is 14.9. The third-order valence-electron chi connectivity index (χ3n) is 3.39. The number of likely N-dealkylation sites (tertiary alicyclic amines) is 1. The molecule has 18 heavy (non-hydrogen) atoms. The van der Waals surface area contributed by atoms with E-state index in [0.717, 1.165) is 39.0 Å². The van der Waals surface area contributed by atoms with E-state index in [9.17, 15) is 4.79 Å². The zero-order valence-electron chi connectivity index (χ0n) is 10.7. The van der Waals surface area contributed by atoms with Gasteiger partial charge in [0.05, 0.1) is 7.11 Å². The van der Waals surface area contributed by atoms with Crippen LogP contribution >= 0.6 is 11.3 Å². The molecule has 4 nitrogen and oxygen atoms in total. The average Bonchev–Trinajstić information content (AvgIpc) is 2.90. The monoisotopic (exact) mass is 268 g/mol. The van der Waals surface area contributed by atoms with E-state index in [2.05, 4.69) is 32.5 Å². The Balaban J connectivity index is 1.66. The smallest absolute Gasteiger partial charge is 0.406 e. The van der Waals surface area contributed by atoms with Gasteiger partial charge in [-0.25, -0.2) is 4.79 Å². The molecule has 1 N–H and O–H groups in total. The number of hydrogen-bond donors (Lipinski definition) is 1. The van der Waals surface area contributed by atoms with Gasteiger partial charge in [-0.3, -0.25) is 4.90 Å². The molecule has 0 unspecified atom stereocenters. The highest BCUT2D eigenvalue weighted by Crippen LogP contribution is 2.20. The molecule has 0 atom stereocenters. The minimum atomic E-state index is -0.323. The molecule has 1 amide bonds. The standard InChI is InChI=1S/C13H20N2O2S/c1-17-13(16)14-9-11-4-6-15(7-5-11)10-12-3-2-8-18-12/h2-3,8,11H,4-7,9-10H2,1H3,(H,14,16). The van der Waals surface area contributed by atoms with Crippen LogP contribution in [0.2, 0.25) is 0 Å². The Hall–Kier alpha value is -1.07. The molecule has 1 aromatic rings. The second kappa shape index (κ2) is 6.75. The molecule has 0 aliphatic carbocycles. The Morgan fingerprint density at radius 2 is 2.33 bits per heavy atom. The van der Waals surface area contributed by atoms with Crippen molar-refractivity contribution < 1.29 is 9.53 Å². The van der Waals surface area contributed by atoms with Crippen LogP contribution in [0.25, 0.3) is 0 Å². The molecule has 1 fully saturated rings. The van der Waals surface area contributed by atoms with E-state index in [1.165, 1.54) is 12.0 Å². The molecule has 2 heterocycles. The number of methoxy groups -OCH3 is 1. The predicted molar refractivity (Wildman–Crippen MR) is 72.7 cm³/mol. The fraction of sp³-hybridized carbons (Fsp3) is 0.615. The van der Waals surface area contributed by atoms with Gasteiger partial charge in [0.1, 0.15) is 0 Å². The van der Waals surface area contributed by atoms with E-state index in [1.807, 2.05) is 11.3 Å². The van der Waals surface area contributed by atoms with Crippen molar-refractivity contribution in [3.8, 4) is 0 Å². The maximum atomic E-state index is 11.0. The van der Waals surface area contributed by atoms with E-state index in [4.69, 9.17) is 0 Å². The number of ether oxygens (including phenoxy) is 1. The third kappa shape index (κ3) is 3.99. The van der Waals surface area contributed by atoms with Crippen LogP contribution in [0, 0.1) is 5.92 Å². The Morgan fingerprint density at radius 1 is 1.56 bits per heavy atom. The molecule has 1 saturated heterocycles. The topological polar surface area (TPSA) is 41.6 Å². The highest BCUT2D eigenvalue weighted by Gasteiger charge is 2.19. The summed E-state index contributed by atoms with van der Waals surface area (Å²) in [5.41, 5.74) is 0. The van der Waals surface area contributed by atoms with Gasteiger partial charge in [0, 0.05) is 18.0 Å². The lowest BCUT2D eigenvalue weighted by molar-refractivity contribution is 0.156. The Bertz CT molecular complexity index is 359. The molecule has 5 heteroatoms. The number of thiophene rings is 1. The molecule has 1 aliphatic rings. The Labute approximate surface area is 112 Å². The Kier molecular flexibility index (Phi) is 5.01. The molecule has 1 aromatic heterocycles. The summed E-state index contributed by atoms with van der Waals surface area (Å²) in [6.45, 7) is 4.03. The maximum absolute atomic E-state index is 11.0. The van der Waals surface area contributed by atoms with Crippen LogP contribution in [0.3, 0.4) is 0 Å². The first kappa shape index (κ1) is 13.4. The minimum absolute atomic E-state index is 0.323. The first-order valence-electron chi connectivity index (χ1n) is 6.34. The normalized spacial score (nSPS) is 17.6. The quantitative estimate of drug-likeness (QED) is 0.911. The number of rotatable bonds is 4. The number of nitrogens with zero attached hydrogens (tertiary/aromatic N) is 1. The SMILES string of the molecule is COC(=O)NCC1CCN(Cc2cccs2)CC1. The van der Waals surface area contributed by atoms with Gasteiger partial charge in [0.25, 0.3) is 0 Å². The van der Waals surface area contributed by atoms with Crippen LogP contribution in [0.15, 0.2) is 17.5 Å². The zero-order valence-corrected chi connectivity index (χ0v) is 11.5. The van der Waals surface area contributed by atoms with E-state index >= 15 is 0 Å². The van der Waals surface area contributed by atoms with E-state index in [-0.39, 0.29) is 6.09 Å². The fourth-order valence-corrected chi connectivity index (χ4v) is 3.02. The van der Waals surface area contributed by atoms with Crippen molar-refractivity contribution in [1.29, 1.82) is 0 Å². The van der Waals surface area contributed by atoms with Gasteiger partial charge in [0.2, 0.25) is 0 Å². The van der Waals surface area contributed by atoms with E-state index in [1.54, 1.807) is 0 Å². The molecule has 0 aromatic carbocycles. The number of carbonyl (C=O) groups is 1. The first-order chi connectivity index (χ1) is 8.78. The van der Waals surface area contributed by atoms with Crippen molar-refractivity contribution in [2.45, 2.75) is 19.4 Å². The largest absolute Gasteiger partial charge is 0.453 e. The number of piperidine rings is 1. The first-order valence-corrected chi connectivity index (χ1v) is 7.22. The molecular weight excluding hydrogens is 248 g/mol. The van der Waals surface area contributed by atoms with Crippen molar-refractivity contribution in [2.24, 2.45) is 5.92 Å². The number of nitrogens with one attached hydrogen (secondary N) is 1. The summed E-state index contributed by atoms with van der Waals surface area (Å²) in [6.07, 6.45) is 1.97. The number of hydrogen-bond acceptors (Lipinski definition) is 4. The van der Waals surface area contributed by atoms with Crippen molar-refractivity contribution in [1.82, 2.24) is 10.2 Å². The van der Waals surface area contributed by atoms with Crippen LogP contribution < -0.4 is 5.32 Å². The van der Waals surface area contributed by atoms with E-state index < -0.39 is 0 Å². The predicted octanol–water partition coefficient (Wildman–Crippen LogP) is 2.32. The van der Waals surface area contributed by atoms with Crippen LogP contribution in [-0.4, -0.2) is 37.7 Å². The maximum Gasteiger partial charge on any atom is 0.406 e. The molecule has 1 aliphatic heterocycles. The third-order valence-corrected chi connectivity index (χ3v) is 4.25. The van der Waals surface area contributed by atoms with Gasteiger partial charge in [-0.2, -0.15) is 0 Å². The summed E-state index contributed by atoms with van der Waals surface area (Å²) in [5, 5.41) is 4.91. The van der Waals surface area contributed by atoms with Crippen LogP contribution in [0.5, 0.6) is 0 Å². The summed E-state index contributed by atoms with van der Waals surface area (Å²) < 4.78 is 4.57. The van der Waals surface area contributed by atoms with Crippen molar-refractivity contribution in [3.05, 3.63) is 22.4 Å². The van der Waals surface area contributed by atoms with Gasteiger partial charge in [-0.1, -0.05) is 6.07 Å². The highest BCUT2D eigenvalue weighted by molar-refractivity contribution is 7.09. The minimum Gasteiger partial charge on any atom is -0.453 e. The lowest BCUT2D eigenvalue weighted by Crippen LogP contribution is -2.38. The second-order valence-corrected chi connectivity index (χ2v) is 5.70. The van der Waals surface area contributed by atoms with Crippen LogP contribution in [-0.2, 0) is 11.3 Å². The Morgan fingerprint density at radius 3 is 2.94 bits per heavy atom. The lowest BCUT2D eigenvalue weighted by atomic mass is 9.97. The molecule has 0 bridgehead atoms. The summed E-state index contributed by atoms with van der Waals surface area (Å²) in [6, 6.07) is 4.29.